The third-order valence-electron chi connectivity index (χ3n) is 14.5. The van der Waals surface area contributed by atoms with Crippen LogP contribution in [-0.4, -0.2) is 92.5 Å². The van der Waals surface area contributed by atoms with Gasteiger partial charge in [-0.15, -0.1) is 0 Å². The van der Waals surface area contributed by atoms with Gasteiger partial charge in [0.25, 0.3) is 0 Å². The molecule has 5 aliphatic rings. The first-order chi connectivity index (χ1) is 24.8. The molecule has 4 fully saturated rings. The zero-order valence-electron chi connectivity index (χ0n) is 34.1. The van der Waals surface area contributed by atoms with E-state index in [9.17, 15) is 24.9 Å². The fourth-order valence-electron chi connectivity index (χ4n) is 10.5. The SMILES string of the molecule is CCC(C(N)=O)C1CCC(C)C(C(C)C(O)C(C)C(=O)C(CC)C2OC3(C=CC(O)C4(CCC(C)(C5CCC(O)(CC)C(C)O5)O4)O3)C(C)CC2C)O1. The molecule has 1 amide bonds. The van der Waals surface area contributed by atoms with E-state index in [2.05, 4.69) is 20.8 Å². The summed E-state index contributed by atoms with van der Waals surface area (Å²) in [6.07, 6.45) is 6.08. The van der Waals surface area contributed by atoms with Crippen LogP contribution in [0, 0.1) is 41.4 Å². The van der Waals surface area contributed by atoms with Gasteiger partial charge in [-0.05, 0) is 95.6 Å². The average Bonchev–Trinajstić information content (AvgIpc) is 3.47. The summed E-state index contributed by atoms with van der Waals surface area (Å²) >= 11 is 0. The Morgan fingerprint density at radius 3 is 2.19 bits per heavy atom. The van der Waals surface area contributed by atoms with Gasteiger partial charge in [-0.3, -0.25) is 9.59 Å². The van der Waals surface area contributed by atoms with Crippen molar-refractivity contribution in [1.82, 2.24) is 0 Å². The van der Waals surface area contributed by atoms with Gasteiger partial charge in [-0.2, -0.15) is 0 Å². The molecule has 2 spiro atoms. The van der Waals surface area contributed by atoms with Crippen LogP contribution in [0.3, 0.4) is 0 Å². The van der Waals surface area contributed by atoms with E-state index in [0.717, 1.165) is 19.3 Å². The number of ketones is 1. The maximum absolute atomic E-state index is 14.4. The van der Waals surface area contributed by atoms with Crippen molar-refractivity contribution in [3.63, 3.8) is 0 Å². The summed E-state index contributed by atoms with van der Waals surface area (Å²) < 4.78 is 33.6. The molecule has 18 unspecified atom stereocenters. The first-order valence-electron chi connectivity index (χ1n) is 20.8. The Bertz CT molecular complexity index is 1330. The van der Waals surface area contributed by atoms with Crippen molar-refractivity contribution in [3.05, 3.63) is 12.2 Å². The lowest BCUT2D eigenvalue weighted by Crippen LogP contribution is -2.63. The van der Waals surface area contributed by atoms with Crippen LogP contribution in [-0.2, 0) is 33.3 Å². The molecule has 0 aliphatic carbocycles. The first-order valence-corrected chi connectivity index (χ1v) is 20.8. The number of rotatable bonds is 12. The number of primary amides is 1. The minimum absolute atomic E-state index is 0.0255. The number of aliphatic hydroxyl groups excluding tert-OH is 2. The van der Waals surface area contributed by atoms with Crippen LogP contribution in [0.5, 0.6) is 0 Å². The van der Waals surface area contributed by atoms with Gasteiger partial charge < -0.3 is 44.7 Å². The predicted octanol–water partition coefficient (Wildman–Crippen LogP) is 5.59. The summed E-state index contributed by atoms with van der Waals surface area (Å²) in [6.45, 7) is 19.8. The second kappa shape index (κ2) is 16.2. The highest BCUT2D eigenvalue weighted by Gasteiger charge is 2.63. The third-order valence-corrected chi connectivity index (χ3v) is 14.5. The predicted molar refractivity (Wildman–Crippen MR) is 200 cm³/mol. The van der Waals surface area contributed by atoms with Gasteiger partial charge in [0.1, 0.15) is 11.9 Å². The van der Waals surface area contributed by atoms with E-state index in [0.29, 0.717) is 44.9 Å². The van der Waals surface area contributed by atoms with Crippen molar-refractivity contribution in [2.75, 3.05) is 0 Å². The molecule has 0 bridgehead atoms. The van der Waals surface area contributed by atoms with Gasteiger partial charge in [0.15, 0.2) is 5.79 Å². The molecule has 53 heavy (non-hydrogen) atoms. The molecule has 5 aliphatic heterocycles. The van der Waals surface area contributed by atoms with Crippen LogP contribution >= 0.6 is 0 Å². The third kappa shape index (κ3) is 7.94. The summed E-state index contributed by atoms with van der Waals surface area (Å²) in [6, 6.07) is 0. The van der Waals surface area contributed by atoms with Crippen LogP contribution < -0.4 is 5.73 Å². The topological polar surface area (TPSA) is 167 Å². The monoisotopic (exact) mass is 750 g/mol. The molecule has 0 saturated carbocycles. The molecule has 5 N–H and O–H groups in total. The van der Waals surface area contributed by atoms with Crippen molar-refractivity contribution in [1.29, 1.82) is 0 Å². The molecular formula is C42H71NO10. The molecule has 0 aromatic carbocycles. The number of amides is 1. The Hall–Kier alpha value is -1.44. The molecule has 0 aromatic heterocycles. The van der Waals surface area contributed by atoms with Crippen LogP contribution in [0.15, 0.2) is 12.2 Å². The summed E-state index contributed by atoms with van der Waals surface area (Å²) in [4.78, 5) is 26.6. The lowest BCUT2D eigenvalue weighted by atomic mass is 9.72. The Labute approximate surface area is 318 Å². The van der Waals surface area contributed by atoms with Crippen LogP contribution in [0.25, 0.3) is 0 Å². The number of ether oxygens (including phenoxy) is 5. The van der Waals surface area contributed by atoms with Gasteiger partial charge >= 0.3 is 0 Å². The van der Waals surface area contributed by atoms with Gasteiger partial charge in [0.2, 0.25) is 11.7 Å². The van der Waals surface area contributed by atoms with Crippen LogP contribution in [0.4, 0.5) is 0 Å². The number of hydrogen-bond acceptors (Lipinski definition) is 10. The quantitative estimate of drug-likeness (QED) is 0.185. The summed E-state index contributed by atoms with van der Waals surface area (Å²) in [5, 5.41) is 34.2. The van der Waals surface area contributed by atoms with Crippen molar-refractivity contribution < 1.29 is 48.6 Å². The number of hydrogen-bond donors (Lipinski definition) is 4. The normalized spacial score (nSPS) is 46.2. The second-order valence-corrected chi connectivity index (χ2v) is 18.0. The Kier molecular flexibility index (Phi) is 13.0. The first kappa shape index (κ1) is 42.7. The average molecular weight is 750 g/mol. The molecule has 0 radical (unpaired) electrons. The fraction of sp³-hybridized carbons (Fsp3) is 0.905. The lowest BCUT2D eigenvalue weighted by Gasteiger charge is -2.54. The molecule has 5 heterocycles. The summed E-state index contributed by atoms with van der Waals surface area (Å²) in [5.41, 5.74) is 4.08. The molecule has 5 rings (SSSR count). The maximum Gasteiger partial charge on any atom is 0.223 e. The Morgan fingerprint density at radius 1 is 0.906 bits per heavy atom. The maximum atomic E-state index is 14.4. The van der Waals surface area contributed by atoms with E-state index in [1.54, 1.807) is 19.1 Å². The largest absolute Gasteiger partial charge is 0.392 e. The highest BCUT2D eigenvalue weighted by atomic mass is 16.8. The number of carbonyl (C=O) groups excluding carboxylic acids is 2. The van der Waals surface area contributed by atoms with Crippen molar-refractivity contribution in [2.45, 2.75) is 199 Å². The van der Waals surface area contributed by atoms with E-state index in [4.69, 9.17) is 29.4 Å². The van der Waals surface area contributed by atoms with E-state index >= 15 is 0 Å². The standard InChI is InChI=1S/C42H71NO10/c1-11-29(38(43)47)31-15-14-23(4)36(50-31)27(8)34(45)26(7)35(46)30(12-2)37-24(5)22-25(6)41(51-37)19-16-32(44)42(53-41)21-20-39(10,52-42)33-17-18-40(48,13-3)28(9)49-33/h16,19,23-34,36-37,44-45,48H,11-15,17-18,20-22H2,1-10H3,(H2,43,47). The minimum Gasteiger partial charge on any atom is -0.392 e. The van der Waals surface area contributed by atoms with Gasteiger partial charge in [0, 0.05) is 30.1 Å². The smallest absolute Gasteiger partial charge is 0.223 e. The number of nitrogens with two attached hydrogens (primary N) is 1. The highest BCUT2D eigenvalue weighted by Crippen LogP contribution is 2.54. The molecule has 0 aromatic rings. The van der Waals surface area contributed by atoms with Crippen LogP contribution in [0.1, 0.15) is 133 Å². The Balaban J connectivity index is 1.31. The molecule has 18 atom stereocenters. The molecule has 4 saturated heterocycles. The van der Waals surface area contributed by atoms with E-state index < -0.39 is 52.9 Å². The van der Waals surface area contributed by atoms with Crippen molar-refractivity contribution in [3.8, 4) is 0 Å². The summed E-state index contributed by atoms with van der Waals surface area (Å²) in [7, 11) is 0. The number of Topliss-reactive ketones (excluding diaryl/α,β-unsaturated/α-hetero) is 1. The van der Waals surface area contributed by atoms with E-state index in [1.807, 2.05) is 41.5 Å². The van der Waals surface area contributed by atoms with Crippen molar-refractivity contribution >= 4 is 11.7 Å². The van der Waals surface area contributed by atoms with Gasteiger partial charge in [0.05, 0.1) is 53.7 Å². The minimum atomic E-state index is -1.36. The summed E-state index contributed by atoms with van der Waals surface area (Å²) in [5.74, 6) is -4.88. The molecule has 11 heteroatoms. The van der Waals surface area contributed by atoms with E-state index in [1.165, 1.54) is 0 Å². The lowest BCUT2D eigenvalue weighted by molar-refractivity contribution is -0.409. The van der Waals surface area contributed by atoms with Crippen LogP contribution in [0.2, 0.25) is 0 Å². The molecule has 11 nitrogen and oxygen atoms in total. The van der Waals surface area contributed by atoms with E-state index in [-0.39, 0.29) is 65.7 Å². The molecule has 304 valence electrons. The molecular weight excluding hydrogens is 678 g/mol. The fourth-order valence-corrected chi connectivity index (χ4v) is 10.5. The highest BCUT2D eigenvalue weighted by molar-refractivity contribution is 5.84. The zero-order chi connectivity index (χ0) is 39.3. The second-order valence-electron chi connectivity index (χ2n) is 18.0. The van der Waals surface area contributed by atoms with Gasteiger partial charge in [-0.25, -0.2) is 0 Å². The number of carbonyl (C=O) groups is 2. The zero-order valence-corrected chi connectivity index (χ0v) is 34.1. The number of aliphatic hydroxyl groups is 3. The Morgan fingerprint density at radius 2 is 1.58 bits per heavy atom. The van der Waals surface area contributed by atoms with Crippen molar-refractivity contribution in [2.24, 2.45) is 47.2 Å². The van der Waals surface area contributed by atoms with Gasteiger partial charge in [-0.1, -0.05) is 55.4 Å².